The van der Waals surface area contributed by atoms with Gasteiger partial charge in [0.15, 0.2) is 23.9 Å². The van der Waals surface area contributed by atoms with Crippen LogP contribution >= 0.6 is 0 Å². The number of ether oxygens (including phenoxy) is 1. The minimum Gasteiger partial charge on any atom is -0.504 e. The van der Waals surface area contributed by atoms with Gasteiger partial charge in [-0.05, 0) is 55.7 Å². The first kappa shape index (κ1) is 19.3. The van der Waals surface area contributed by atoms with E-state index in [-0.39, 0.29) is 5.56 Å². The molecule has 8 nitrogen and oxygen atoms in total. The van der Waals surface area contributed by atoms with Gasteiger partial charge >= 0.3 is 5.97 Å². The number of carbonyl (C=O) groups is 2. The van der Waals surface area contributed by atoms with Crippen LogP contribution in [0.4, 0.5) is 11.4 Å². The van der Waals surface area contributed by atoms with Crippen LogP contribution in [0.3, 0.4) is 0 Å². The lowest BCUT2D eigenvalue weighted by Crippen LogP contribution is -2.29. The number of benzene rings is 2. The molecular formula is C20H22N2O6. The van der Waals surface area contributed by atoms with E-state index in [1.54, 1.807) is 12.1 Å². The molecule has 0 bridgehead atoms. The van der Waals surface area contributed by atoms with Crippen molar-refractivity contribution in [1.29, 1.82) is 0 Å². The van der Waals surface area contributed by atoms with E-state index in [9.17, 15) is 24.9 Å². The van der Waals surface area contributed by atoms with Crippen molar-refractivity contribution in [3.05, 3.63) is 42.0 Å². The third-order valence-electron chi connectivity index (χ3n) is 4.51. The highest BCUT2D eigenvalue weighted by Crippen LogP contribution is 2.35. The van der Waals surface area contributed by atoms with Crippen LogP contribution in [0.15, 0.2) is 36.4 Å². The molecule has 1 amide bonds. The SMILES string of the molecule is O=C(COC(=O)c1cc(O)c(O)c(O)c1)Nc1ccc(N2CCCCC2)cc1. The number of aromatic hydroxyl groups is 3. The van der Waals surface area contributed by atoms with Gasteiger partial charge in [-0.15, -0.1) is 0 Å². The molecule has 3 rings (SSSR count). The first-order valence-corrected chi connectivity index (χ1v) is 9.01. The van der Waals surface area contributed by atoms with Crippen LogP contribution in [-0.2, 0) is 9.53 Å². The topological polar surface area (TPSA) is 119 Å². The van der Waals surface area contributed by atoms with Crippen LogP contribution in [0.1, 0.15) is 29.6 Å². The second kappa shape index (κ2) is 8.51. The average Bonchev–Trinajstić information content (AvgIpc) is 2.71. The number of rotatable bonds is 5. The summed E-state index contributed by atoms with van der Waals surface area (Å²) in [4.78, 5) is 26.2. The predicted octanol–water partition coefficient (Wildman–Crippen LogP) is 2.59. The van der Waals surface area contributed by atoms with E-state index in [0.29, 0.717) is 5.69 Å². The Morgan fingerprint density at radius 1 is 0.964 bits per heavy atom. The number of anilines is 2. The quantitative estimate of drug-likeness (QED) is 0.461. The monoisotopic (exact) mass is 386 g/mol. The molecule has 0 atom stereocenters. The van der Waals surface area contributed by atoms with Gasteiger partial charge in [-0.1, -0.05) is 0 Å². The maximum atomic E-state index is 12.0. The van der Waals surface area contributed by atoms with Crippen molar-refractivity contribution in [2.45, 2.75) is 19.3 Å². The van der Waals surface area contributed by atoms with Crippen LogP contribution in [0.25, 0.3) is 0 Å². The molecule has 28 heavy (non-hydrogen) atoms. The van der Waals surface area contributed by atoms with E-state index in [1.807, 2.05) is 12.1 Å². The number of amides is 1. The maximum Gasteiger partial charge on any atom is 0.338 e. The van der Waals surface area contributed by atoms with Gasteiger partial charge in [0.05, 0.1) is 5.56 Å². The third kappa shape index (κ3) is 4.64. The Hall–Kier alpha value is -3.42. The molecule has 1 aliphatic rings. The van der Waals surface area contributed by atoms with Crippen LogP contribution in [-0.4, -0.2) is 46.9 Å². The molecule has 0 aliphatic carbocycles. The lowest BCUT2D eigenvalue weighted by atomic mass is 10.1. The van der Waals surface area contributed by atoms with Crippen molar-refractivity contribution in [2.24, 2.45) is 0 Å². The molecule has 2 aromatic carbocycles. The summed E-state index contributed by atoms with van der Waals surface area (Å²) >= 11 is 0. The number of phenolic OH excluding ortho intramolecular Hbond substituents is 3. The van der Waals surface area contributed by atoms with E-state index in [0.717, 1.165) is 30.9 Å². The van der Waals surface area contributed by atoms with Crippen molar-refractivity contribution in [2.75, 3.05) is 29.9 Å². The Kier molecular flexibility index (Phi) is 5.88. The molecule has 4 N–H and O–H groups in total. The molecular weight excluding hydrogens is 364 g/mol. The van der Waals surface area contributed by atoms with Gasteiger partial charge in [0.2, 0.25) is 0 Å². The second-order valence-corrected chi connectivity index (χ2v) is 6.58. The molecule has 8 heteroatoms. The van der Waals surface area contributed by atoms with Crippen LogP contribution < -0.4 is 10.2 Å². The van der Waals surface area contributed by atoms with Gasteiger partial charge in [0, 0.05) is 24.5 Å². The molecule has 2 aromatic rings. The van der Waals surface area contributed by atoms with Crippen molar-refractivity contribution >= 4 is 23.3 Å². The lowest BCUT2D eigenvalue weighted by Gasteiger charge is -2.28. The molecule has 1 saturated heterocycles. The molecule has 1 heterocycles. The molecule has 0 aromatic heterocycles. The fraction of sp³-hybridized carbons (Fsp3) is 0.300. The fourth-order valence-electron chi connectivity index (χ4n) is 3.04. The van der Waals surface area contributed by atoms with Gasteiger partial charge in [0.1, 0.15) is 0 Å². The van der Waals surface area contributed by atoms with E-state index in [2.05, 4.69) is 10.2 Å². The predicted molar refractivity (Wildman–Crippen MR) is 103 cm³/mol. The van der Waals surface area contributed by atoms with Crippen molar-refractivity contribution in [3.63, 3.8) is 0 Å². The Balaban J connectivity index is 1.52. The zero-order chi connectivity index (χ0) is 20.1. The highest BCUT2D eigenvalue weighted by atomic mass is 16.5. The molecule has 1 fully saturated rings. The fourth-order valence-corrected chi connectivity index (χ4v) is 3.04. The Labute approximate surface area is 162 Å². The first-order chi connectivity index (χ1) is 13.4. The maximum absolute atomic E-state index is 12.0. The number of carbonyl (C=O) groups excluding carboxylic acids is 2. The van der Waals surface area contributed by atoms with Gasteiger partial charge < -0.3 is 30.3 Å². The average molecular weight is 386 g/mol. The number of nitrogens with one attached hydrogen (secondary N) is 1. The highest BCUT2D eigenvalue weighted by Gasteiger charge is 2.16. The summed E-state index contributed by atoms with van der Waals surface area (Å²) in [7, 11) is 0. The van der Waals surface area contributed by atoms with E-state index >= 15 is 0 Å². The molecule has 1 aliphatic heterocycles. The summed E-state index contributed by atoms with van der Waals surface area (Å²) in [5.74, 6) is -3.50. The summed E-state index contributed by atoms with van der Waals surface area (Å²) < 4.78 is 4.87. The smallest absolute Gasteiger partial charge is 0.338 e. The van der Waals surface area contributed by atoms with Crippen molar-refractivity contribution in [1.82, 2.24) is 0 Å². The zero-order valence-corrected chi connectivity index (χ0v) is 15.2. The summed E-state index contributed by atoms with van der Waals surface area (Å²) in [6.45, 7) is 1.53. The lowest BCUT2D eigenvalue weighted by molar-refractivity contribution is -0.119. The van der Waals surface area contributed by atoms with Crippen molar-refractivity contribution < 1.29 is 29.6 Å². The van der Waals surface area contributed by atoms with E-state index in [4.69, 9.17) is 4.74 Å². The largest absolute Gasteiger partial charge is 0.504 e. The molecule has 0 saturated carbocycles. The van der Waals surface area contributed by atoms with Gasteiger partial charge in [-0.25, -0.2) is 4.79 Å². The third-order valence-corrected chi connectivity index (χ3v) is 4.51. The minimum absolute atomic E-state index is 0.188. The zero-order valence-electron chi connectivity index (χ0n) is 15.2. The summed E-state index contributed by atoms with van der Waals surface area (Å²) in [5, 5.41) is 30.8. The number of phenols is 3. The number of piperidine rings is 1. The normalized spacial score (nSPS) is 13.8. The van der Waals surface area contributed by atoms with Crippen LogP contribution in [0.5, 0.6) is 17.2 Å². The van der Waals surface area contributed by atoms with Crippen molar-refractivity contribution in [3.8, 4) is 17.2 Å². The van der Waals surface area contributed by atoms with E-state index in [1.165, 1.54) is 19.3 Å². The van der Waals surface area contributed by atoms with E-state index < -0.39 is 35.7 Å². The first-order valence-electron chi connectivity index (χ1n) is 9.01. The number of esters is 1. The number of nitrogens with zero attached hydrogens (tertiary/aromatic N) is 1. The molecule has 148 valence electrons. The van der Waals surface area contributed by atoms with Gasteiger partial charge in [-0.3, -0.25) is 4.79 Å². The highest BCUT2D eigenvalue weighted by molar-refractivity contribution is 5.96. The van der Waals surface area contributed by atoms with Gasteiger partial charge in [0.25, 0.3) is 5.91 Å². The van der Waals surface area contributed by atoms with Crippen LogP contribution in [0.2, 0.25) is 0 Å². The second-order valence-electron chi connectivity index (χ2n) is 6.58. The number of hydrogen-bond acceptors (Lipinski definition) is 7. The summed E-state index contributed by atoms with van der Waals surface area (Å²) in [6.07, 6.45) is 3.62. The molecule has 0 unspecified atom stereocenters. The Morgan fingerprint density at radius 2 is 1.57 bits per heavy atom. The standard InChI is InChI=1S/C20H22N2O6/c23-16-10-13(11-17(24)19(16)26)20(27)28-12-18(25)21-14-4-6-15(7-5-14)22-8-2-1-3-9-22/h4-7,10-11,23-24,26H,1-3,8-9,12H2,(H,21,25). The Bertz CT molecular complexity index is 836. The Morgan fingerprint density at radius 3 is 2.18 bits per heavy atom. The van der Waals surface area contributed by atoms with Gasteiger partial charge in [-0.2, -0.15) is 0 Å². The summed E-state index contributed by atoms with van der Waals surface area (Å²) in [6, 6.07) is 9.34. The minimum atomic E-state index is -0.916. The summed E-state index contributed by atoms with van der Waals surface area (Å²) in [5.41, 5.74) is 1.50. The molecule has 0 radical (unpaired) electrons. The number of hydrogen-bond donors (Lipinski definition) is 4. The molecule has 0 spiro atoms. The van der Waals surface area contributed by atoms with Crippen LogP contribution in [0, 0.1) is 0 Å².